The molecule has 0 spiro atoms. The molecule has 0 aliphatic carbocycles. The fourth-order valence-electron chi connectivity index (χ4n) is 2.54. The minimum atomic E-state index is -0.407. The Kier molecular flexibility index (Phi) is 3.29. The molecule has 0 saturated carbocycles. The zero-order valence-corrected chi connectivity index (χ0v) is 11.1. The number of hydrogen-bond acceptors (Lipinski definition) is 3. The number of benzene rings is 2. The summed E-state index contributed by atoms with van der Waals surface area (Å²) in [5, 5.41) is 6.76. The van der Waals surface area contributed by atoms with Crippen molar-refractivity contribution in [3.8, 4) is 0 Å². The second-order valence-electron chi connectivity index (χ2n) is 4.93. The van der Waals surface area contributed by atoms with Crippen LogP contribution in [0.5, 0.6) is 0 Å². The van der Waals surface area contributed by atoms with Gasteiger partial charge in [-0.2, -0.15) is 0 Å². The lowest BCUT2D eigenvalue weighted by atomic mass is 10.1. The van der Waals surface area contributed by atoms with Crippen molar-refractivity contribution in [1.82, 2.24) is 0 Å². The lowest BCUT2D eigenvalue weighted by Crippen LogP contribution is -2.11. The Morgan fingerprint density at radius 3 is 2.95 bits per heavy atom. The van der Waals surface area contributed by atoms with Crippen molar-refractivity contribution < 1.29 is 4.79 Å². The van der Waals surface area contributed by atoms with E-state index < -0.39 is 5.91 Å². The van der Waals surface area contributed by atoms with Gasteiger partial charge in [0, 0.05) is 30.0 Å². The molecule has 2 aromatic carbocycles. The normalized spacial score (nSPS) is 12.6. The second kappa shape index (κ2) is 5.25. The van der Waals surface area contributed by atoms with Gasteiger partial charge in [0.25, 0.3) is 0 Å². The smallest absolute Gasteiger partial charge is 0.248 e. The van der Waals surface area contributed by atoms with Crippen LogP contribution in [0.25, 0.3) is 0 Å². The Bertz CT molecular complexity index is 652. The Morgan fingerprint density at radius 2 is 2.10 bits per heavy atom. The fourth-order valence-corrected chi connectivity index (χ4v) is 2.54. The molecular weight excluding hydrogens is 250 g/mol. The van der Waals surface area contributed by atoms with Crippen LogP contribution in [-0.2, 0) is 13.0 Å². The van der Waals surface area contributed by atoms with Gasteiger partial charge in [-0.3, -0.25) is 4.79 Å². The van der Waals surface area contributed by atoms with E-state index in [1.807, 2.05) is 12.1 Å². The maximum atomic E-state index is 11.2. The molecule has 4 heteroatoms. The van der Waals surface area contributed by atoms with E-state index in [2.05, 4.69) is 28.8 Å². The maximum Gasteiger partial charge on any atom is 0.248 e. The first kappa shape index (κ1) is 12.5. The summed E-state index contributed by atoms with van der Waals surface area (Å²) in [6.45, 7) is 1.72. The van der Waals surface area contributed by atoms with Gasteiger partial charge >= 0.3 is 0 Å². The first-order chi connectivity index (χ1) is 9.74. The average molecular weight is 267 g/mol. The van der Waals surface area contributed by atoms with Gasteiger partial charge < -0.3 is 16.4 Å². The number of nitrogens with two attached hydrogens (primary N) is 1. The van der Waals surface area contributed by atoms with E-state index in [0.717, 1.165) is 25.2 Å². The van der Waals surface area contributed by atoms with Crippen LogP contribution < -0.4 is 16.4 Å². The summed E-state index contributed by atoms with van der Waals surface area (Å²) in [5.74, 6) is -0.407. The van der Waals surface area contributed by atoms with Gasteiger partial charge in [-0.15, -0.1) is 0 Å². The number of fused-ring (bicyclic) bond motifs is 1. The van der Waals surface area contributed by atoms with Crippen molar-refractivity contribution in [1.29, 1.82) is 0 Å². The van der Waals surface area contributed by atoms with E-state index in [0.29, 0.717) is 5.56 Å². The predicted octanol–water partition coefficient (Wildman–Crippen LogP) is 2.37. The molecule has 0 unspecified atom stereocenters. The molecule has 0 radical (unpaired) electrons. The van der Waals surface area contributed by atoms with Gasteiger partial charge in [-0.25, -0.2) is 0 Å². The zero-order chi connectivity index (χ0) is 13.9. The first-order valence-electron chi connectivity index (χ1n) is 6.72. The highest BCUT2D eigenvalue weighted by Gasteiger charge is 2.13. The summed E-state index contributed by atoms with van der Waals surface area (Å²) in [6.07, 6.45) is 1.08. The minimum absolute atomic E-state index is 0.407. The highest BCUT2D eigenvalue weighted by molar-refractivity contribution is 5.93. The van der Waals surface area contributed by atoms with Crippen LogP contribution in [0.15, 0.2) is 42.5 Å². The molecule has 1 heterocycles. The minimum Gasteiger partial charge on any atom is -0.384 e. The van der Waals surface area contributed by atoms with Crippen molar-refractivity contribution >= 4 is 17.3 Å². The number of rotatable bonds is 4. The van der Waals surface area contributed by atoms with E-state index in [9.17, 15) is 4.79 Å². The standard InChI is InChI=1S/C16H17N3O/c17-16(20)12-4-2-6-14(9-12)19-10-13-5-1-3-11-7-8-18-15(11)13/h1-6,9,18-19H,7-8,10H2,(H2,17,20). The van der Waals surface area contributed by atoms with Gasteiger partial charge in [0.1, 0.15) is 0 Å². The molecule has 1 amide bonds. The van der Waals surface area contributed by atoms with Gasteiger partial charge in [0.2, 0.25) is 5.91 Å². The SMILES string of the molecule is NC(=O)c1cccc(NCc2cccc3c2NCC3)c1. The lowest BCUT2D eigenvalue weighted by Gasteiger charge is -2.11. The highest BCUT2D eigenvalue weighted by Crippen LogP contribution is 2.27. The largest absolute Gasteiger partial charge is 0.384 e. The van der Waals surface area contributed by atoms with Crippen LogP contribution >= 0.6 is 0 Å². The summed E-state index contributed by atoms with van der Waals surface area (Å²) < 4.78 is 0. The number of amides is 1. The Morgan fingerprint density at radius 1 is 1.25 bits per heavy atom. The van der Waals surface area contributed by atoms with Crippen LogP contribution in [0.4, 0.5) is 11.4 Å². The van der Waals surface area contributed by atoms with E-state index >= 15 is 0 Å². The summed E-state index contributed by atoms with van der Waals surface area (Å²) in [4.78, 5) is 11.2. The molecule has 3 rings (SSSR count). The van der Waals surface area contributed by atoms with Crippen LogP contribution in [0.1, 0.15) is 21.5 Å². The van der Waals surface area contributed by atoms with E-state index in [-0.39, 0.29) is 0 Å². The topological polar surface area (TPSA) is 67.2 Å². The monoisotopic (exact) mass is 267 g/mol. The van der Waals surface area contributed by atoms with Crippen molar-refractivity contribution in [2.75, 3.05) is 17.2 Å². The molecule has 20 heavy (non-hydrogen) atoms. The van der Waals surface area contributed by atoms with E-state index in [1.165, 1.54) is 16.8 Å². The number of nitrogens with one attached hydrogen (secondary N) is 2. The molecule has 2 aromatic rings. The molecule has 4 nitrogen and oxygen atoms in total. The molecule has 4 N–H and O–H groups in total. The van der Waals surface area contributed by atoms with Gasteiger partial charge in [0.15, 0.2) is 0 Å². The summed E-state index contributed by atoms with van der Waals surface area (Å²) in [5.41, 5.74) is 10.6. The summed E-state index contributed by atoms with van der Waals surface area (Å²) in [6, 6.07) is 13.6. The molecule has 0 atom stereocenters. The van der Waals surface area contributed by atoms with Crippen LogP contribution in [0.3, 0.4) is 0 Å². The molecule has 102 valence electrons. The highest BCUT2D eigenvalue weighted by atomic mass is 16.1. The number of anilines is 2. The van der Waals surface area contributed by atoms with Crippen LogP contribution in [-0.4, -0.2) is 12.5 Å². The van der Waals surface area contributed by atoms with Crippen LogP contribution in [0.2, 0.25) is 0 Å². The first-order valence-corrected chi connectivity index (χ1v) is 6.72. The third kappa shape index (κ3) is 2.45. The van der Waals surface area contributed by atoms with Crippen molar-refractivity contribution in [2.24, 2.45) is 5.73 Å². The Hall–Kier alpha value is -2.49. The number of carbonyl (C=O) groups excluding carboxylic acids is 1. The number of para-hydroxylation sites is 1. The van der Waals surface area contributed by atoms with Crippen LogP contribution in [0, 0.1) is 0 Å². The number of hydrogen-bond donors (Lipinski definition) is 3. The van der Waals surface area contributed by atoms with Crippen molar-refractivity contribution in [3.63, 3.8) is 0 Å². The molecule has 0 saturated heterocycles. The second-order valence-corrected chi connectivity index (χ2v) is 4.93. The number of carbonyl (C=O) groups is 1. The molecule has 0 bridgehead atoms. The molecule has 1 aliphatic heterocycles. The van der Waals surface area contributed by atoms with Gasteiger partial charge in [-0.1, -0.05) is 24.3 Å². The Balaban J connectivity index is 1.76. The summed E-state index contributed by atoms with van der Waals surface area (Å²) in [7, 11) is 0. The molecule has 0 fully saturated rings. The summed E-state index contributed by atoms with van der Waals surface area (Å²) >= 11 is 0. The van der Waals surface area contributed by atoms with Crippen molar-refractivity contribution in [2.45, 2.75) is 13.0 Å². The fraction of sp³-hybridized carbons (Fsp3) is 0.188. The molecular formula is C16H17N3O. The average Bonchev–Trinajstić information content (AvgIpc) is 2.94. The third-order valence-electron chi connectivity index (χ3n) is 3.56. The lowest BCUT2D eigenvalue weighted by molar-refractivity contribution is 0.100. The van der Waals surface area contributed by atoms with Gasteiger partial charge in [-0.05, 0) is 35.7 Å². The van der Waals surface area contributed by atoms with Gasteiger partial charge in [0.05, 0.1) is 0 Å². The zero-order valence-electron chi connectivity index (χ0n) is 11.1. The van der Waals surface area contributed by atoms with E-state index in [1.54, 1.807) is 12.1 Å². The molecule has 0 aromatic heterocycles. The van der Waals surface area contributed by atoms with E-state index in [4.69, 9.17) is 5.73 Å². The maximum absolute atomic E-state index is 11.2. The quantitative estimate of drug-likeness (QED) is 0.796. The Labute approximate surface area is 118 Å². The predicted molar refractivity (Wildman–Crippen MR) is 80.9 cm³/mol. The van der Waals surface area contributed by atoms with Crippen molar-refractivity contribution in [3.05, 3.63) is 59.2 Å². The number of primary amides is 1. The molecule has 1 aliphatic rings. The third-order valence-corrected chi connectivity index (χ3v) is 3.56.